The van der Waals surface area contributed by atoms with Crippen molar-refractivity contribution in [3.8, 4) is 0 Å². The summed E-state index contributed by atoms with van der Waals surface area (Å²) in [5, 5.41) is 22.7. The van der Waals surface area contributed by atoms with Crippen LogP contribution in [0, 0.1) is 22.7 Å². The summed E-state index contributed by atoms with van der Waals surface area (Å²) in [6, 6.07) is -1.30. The molecule has 0 radical (unpaired) electrons. The number of ether oxygens (including phenoxy) is 1. The SMILES string of the molecule is CC(C)C(=N)/C(NC(=O)NS(=O)(=O)/C(C=N)=C1/NCCCO1)=C(\NCC(F)(F)F)C(C)C. The summed E-state index contributed by atoms with van der Waals surface area (Å²) >= 11 is 0. The lowest BCUT2D eigenvalue weighted by atomic mass is 9.99. The molecule has 0 aromatic carbocycles. The molecule has 0 spiro atoms. The maximum atomic E-state index is 12.7. The molecule has 1 rings (SSSR count). The number of carbonyl (C=O) groups excluding carboxylic acids is 1. The largest absolute Gasteiger partial charge is 0.478 e. The lowest BCUT2D eigenvalue weighted by Crippen LogP contribution is -2.44. The monoisotopic (exact) mass is 482 g/mol. The van der Waals surface area contributed by atoms with E-state index in [1.54, 1.807) is 32.4 Å². The van der Waals surface area contributed by atoms with E-state index in [1.807, 2.05) is 0 Å². The molecular weight excluding hydrogens is 453 g/mol. The van der Waals surface area contributed by atoms with Crippen molar-refractivity contribution in [3.05, 3.63) is 22.2 Å². The molecule has 1 heterocycles. The third-order valence-corrected chi connectivity index (χ3v) is 5.47. The van der Waals surface area contributed by atoms with Crippen LogP contribution in [0.5, 0.6) is 0 Å². The highest BCUT2D eigenvalue weighted by molar-refractivity contribution is 7.94. The second-order valence-electron chi connectivity index (χ2n) is 7.51. The van der Waals surface area contributed by atoms with Crippen molar-refractivity contribution in [2.75, 3.05) is 19.7 Å². The Hall–Kier alpha value is -2.77. The second kappa shape index (κ2) is 11.2. The Labute approximate surface area is 185 Å². The summed E-state index contributed by atoms with van der Waals surface area (Å²) < 4.78 is 70.3. The highest BCUT2D eigenvalue weighted by Crippen LogP contribution is 2.19. The molecule has 32 heavy (non-hydrogen) atoms. The minimum absolute atomic E-state index is 0.0727. The van der Waals surface area contributed by atoms with Gasteiger partial charge in [-0.3, -0.25) is 0 Å². The average molecular weight is 483 g/mol. The van der Waals surface area contributed by atoms with Crippen molar-refractivity contribution in [2.45, 2.75) is 40.3 Å². The molecule has 1 saturated heterocycles. The molecule has 6 N–H and O–H groups in total. The zero-order valence-corrected chi connectivity index (χ0v) is 19.1. The summed E-state index contributed by atoms with van der Waals surface area (Å²) in [5.74, 6) is -1.23. The zero-order chi connectivity index (χ0) is 24.7. The van der Waals surface area contributed by atoms with Gasteiger partial charge >= 0.3 is 12.2 Å². The van der Waals surface area contributed by atoms with E-state index in [0.29, 0.717) is 19.2 Å². The van der Waals surface area contributed by atoms with E-state index < -0.39 is 45.5 Å². The number of rotatable bonds is 9. The van der Waals surface area contributed by atoms with Crippen LogP contribution in [0.4, 0.5) is 18.0 Å². The van der Waals surface area contributed by atoms with Crippen molar-refractivity contribution in [1.82, 2.24) is 20.7 Å². The first kappa shape index (κ1) is 27.3. The van der Waals surface area contributed by atoms with Gasteiger partial charge in [-0.15, -0.1) is 0 Å². The van der Waals surface area contributed by atoms with Crippen LogP contribution in [0.2, 0.25) is 0 Å². The number of halogens is 3. The van der Waals surface area contributed by atoms with Gasteiger partial charge in [0.15, 0.2) is 4.91 Å². The van der Waals surface area contributed by atoms with E-state index in [4.69, 9.17) is 15.6 Å². The smallest absolute Gasteiger partial charge is 0.405 e. The summed E-state index contributed by atoms with van der Waals surface area (Å²) in [4.78, 5) is 11.9. The fourth-order valence-electron chi connectivity index (χ4n) is 2.58. The maximum absolute atomic E-state index is 12.7. The first-order chi connectivity index (χ1) is 14.7. The first-order valence-electron chi connectivity index (χ1n) is 9.78. The Balaban J connectivity index is 3.25. The molecule has 2 amide bonds. The van der Waals surface area contributed by atoms with Gasteiger partial charge in [-0.2, -0.15) is 13.2 Å². The standard InChI is InChI=1S/C18H29F3N6O4S/c1-10(2)13(23)15(14(11(3)4)25-9-18(19,20)21)26-17(28)27-32(29,30)12(8-22)16-24-6-5-7-31-16/h8,10-11,22-25H,5-7,9H2,1-4H3,(H2,26,27,28)/b15-14+,16-12-,22-8?,23-13?. The van der Waals surface area contributed by atoms with Gasteiger partial charge in [-0.05, 0) is 18.3 Å². The van der Waals surface area contributed by atoms with Gasteiger partial charge in [0, 0.05) is 18.5 Å². The highest BCUT2D eigenvalue weighted by Gasteiger charge is 2.30. The van der Waals surface area contributed by atoms with Gasteiger partial charge in [-0.1, -0.05) is 27.7 Å². The van der Waals surface area contributed by atoms with Crippen LogP contribution in [0.3, 0.4) is 0 Å². The van der Waals surface area contributed by atoms with Gasteiger partial charge in [0.05, 0.1) is 18.0 Å². The predicted molar refractivity (Wildman–Crippen MR) is 113 cm³/mol. The minimum Gasteiger partial charge on any atom is -0.478 e. The van der Waals surface area contributed by atoms with E-state index in [0.717, 1.165) is 0 Å². The third-order valence-electron chi connectivity index (χ3n) is 4.14. The average Bonchev–Trinajstić information content (AvgIpc) is 2.66. The molecule has 0 saturated carbocycles. The van der Waals surface area contributed by atoms with E-state index in [-0.39, 0.29) is 29.6 Å². The third kappa shape index (κ3) is 8.05. The minimum atomic E-state index is -4.55. The van der Waals surface area contributed by atoms with Crippen LogP contribution in [-0.4, -0.2) is 52.2 Å². The number of allylic oxidation sites excluding steroid dienone is 3. The molecule has 10 nitrogen and oxygen atoms in total. The Morgan fingerprint density at radius 1 is 1.25 bits per heavy atom. The normalized spacial score (nSPS) is 17.0. The van der Waals surface area contributed by atoms with Crippen LogP contribution < -0.4 is 20.7 Å². The van der Waals surface area contributed by atoms with Gasteiger partial charge < -0.3 is 31.5 Å². The summed E-state index contributed by atoms with van der Waals surface area (Å²) in [6.45, 7) is 5.56. The number of sulfonamides is 1. The first-order valence-corrected chi connectivity index (χ1v) is 11.3. The zero-order valence-electron chi connectivity index (χ0n) is 18.2. The van der Waals surface area contributed by atoms with E-state index >= 15 is 0 Å². The fourth-order valence-corrected chi connectivity index (χ4v) is 3.52. The molecule has 0 aliphatic carbocycles. The summed E-state index contributed by atoms with van der Waals surface area (Å²) in [7, 11) is -4.55. The highest BCUT2D eigenvalue weighted by atomic mass is 32.2. The quantitative estimate of drug-likeness (QED) is 0.277. The Bertz CT molecular complexity index is 887. The Morgan fingerprint density at radius 2 is 1.88 bits per heavy atom. The number of alkyl halides is 3. The van der Waals surface area contributed by atoms with Crippen LogP contribution >= 0.6 is 0 Å². The van der Waals surface area contributed by atoms with Crippen LogP contribution in [0.15, 0.2) is 22.2 Å². The van der Waals surface area contributed by atoms with E-state index in [2.05, 4.69) is 16.0 Å². The van der Waals surface area contributed by atoms with Crippen LogP contribution in [0.1, 0.15) is 34.1 Å². The predicted octanol–water partition coefficient (Wildman–Crippen LogP) is 2.14. The molecule has 0 aromatic rings. The van der Waals surface area contributed by atoms with Crippen LogP contribution in [-0.2, 0) is 14.8 Å². The van der Waals surface area contributed by atoms with Gasteiger partial charge in [0.2, 0.25) is 5.88 Å². The second-order valence-corrected chi connectivity index (χ2v) is 9.16. The number of nitrogens with one attached hydrogen (secondary N) is 6. The van der Waals surface area contributed by atoms with Gasteiger partial charge in [0.1, 0.15) is 6.54 Å². The molecule has 1 aliphatic rings. The van der Waals surface area contributed by atoms with Gasteiger partial charge in [-0.25, -0.2) is 17.9 Å². The summed E-state index contributed by atoms with van der Waals surface area (Å²) in [6.07, 6.45) is -3.42. The number of hydrogen-bond acceptors (Lipinski definition) is 8. The molecule has 0 unspecified atom stereocenters. The van der Waals surface area contributed by atoms with Crippen LogP contribution in [0.25, 0.3) is 0 Å². The molecular formula is C18H29F3N6O4S. The van der Waals surface area contributed by atoms with Crippen molar-refractivity contribution in [2.24, 2.45) is 11.8 Å². The van der Waals surface area contributed by atoms with Crippen molar-refractivity contribution in [1.29, 1.82) is 10.8 Å². The molecule has 14 heteroatoms. The Morgan fingerprint density at radius 3 is 2.31 bits per heavy atom. The molecule has 1 aliphatic heterocycles. The molecule has 1 fully saturated rings. The fraction of sp³-hybridized carbons (Fsp3) is 0.611. The lowest BCUT2D eigenvalue weighted by Gasteiger charge is -2.24. The van der Waals surface area contributed by atoms with Crippen molar-refractivity contribution in [3.63, 3.8) is 0 Å². The Kier molecular flexibility index (Phi) is 9.54. The lowest BCUT2D eigenvalue weighted by molar-refractivity contribution is -0.123. The topological polar surface area (TPSA) is 156 Å². The number of hydrogen-bond donors (Lipinski definition) is 6. The molecule has 0 aromatic heterocycles. The van der Waals surface area contributed by atoms with Crippen molar-refractivity contribution >= 4 is 28.0 Å². The molecule has 0 atom stereocenters. The number of urea groups is 1. The van der Waals surface area contributed by atoms with Gasteiger partial charge in [0.25, 0.3) is 10.0 Å². The summed E-state index contributed by atoms with van der Waals surface area (Å²) in [5.41, 5.74) is -0.529. The number of amides is 2. The van der Waals surface area contributed by atoms with E-state index in [9.17, 15) is 26.4 Å². The van der Waals surface area contributed by atoms with Crippen molar-refractivity contribution < 1.29 is 31.1 Å². The number of carbonyl (C=O) groups is 1. The maximum Gasteiger partial charge on any atom is 0.405 e. The molecule has 182 valence electrons. The van der Waals surface area contributed by atoms with E-state index in [1.165, 1.54) is 0 Å². The molecule has 0 bridgehead atoms.